The molecule has 0 N–H and O–H groups in total. The Balaban J connectivity index is 2.01. The summed E-state index contributed by atoms with van der Waals surface area (Å²) in [6.45, 7) is 19.3. The van der Waals surface area contributed by atoms with Crippen molar-refractivity contribution in [1.29, 1.82) is 0 Å². The van der Waals surface area contributed by atoms with Crippen LogP contribution < -0.4 is 9.80 Å². The fourth-order valence-corrected chi connectivity index (χ4v) is 12.5. The van der Waals surface area contributed by atoms with Crippen molar-refractivity contribution in [2.45, 2.75) is 66.4 Å². The summed E-state index contributed by atoms with van der Waals surface area (Å²) in [4.78, 5) is 4.86. The van der Waals surface area contributed by atoms with E-state index < -0.39 is 11.9 Å². The maximum atomic E-state index is 7.63. The molecule has 0 atom stereocenters. The van der Waals surface area contributed by atoms with Crippen molar-refractivity contribution in [3.05, 3.63) is 93.0 Å². The molecular weight excluding hydrogens is 616 g/mol. The van der Waals surface area contributed by atoms with E-state index >= 15 is 0 Å². The Morgan fingerprint density at radius 3 is 1.68 bits per heavy atom. The molecule has 0 unspecified atom stereocenters. The van der Waals surface area contributed by atoms with Crippen LogP contribution in [0.15, 0.2) is 48.5 Å². The third-order valence-corrected chi connectivity index (χ3v) is 13.5. The summed E-state index contributed by atoms with van der Waals surface area (Å²) in [5.74, 6) is 0.947. The molecule has 0 saturated carbocycles. The number of nitrogens with zero attached hydrogens (tertiary/aromatic N) is 2. The number of hydrogen-bond donors (Lipinski definition) is 0. The number of rotatable bonds is 6. The van der Waals surface area contributed by atoms with Crippen LogP contribution in [0, 0.1) is 41.5 Å². The molecule has 1 heterocycles. The van der Waals surface area contributed by atoms with Gasteiger partial charge in [-0.3, -0.25) is 0 Å². The summed E-state index contributed by atoms with van der Waals surface area (Å²) in [5.41, 5.74) is 12.5. The Labute approximate surface area is 244 Å². The van der Waals surface area contributed by atoms with Crippen LogP contribution in [0.1, 0.15) is 58.4 Å². The molecule has 1 fully saturated rings. The first-order chi connectivity index (χ1) is 17.9. The summed E-state index contributed by atoms with van der Waals surface area (Å²) in [6.07, 6.45) is 0. The number of thioether (sulfide) groups is 1. The zero-order valence-corrected chi connectivity index (χ0v) is 27.9. The molecule has 2 nitrogen and oxygen atoms in total. The van der Waals surface area contributed by atoms with Gasteiger partial charge in [-0.2, -0.15) is 0 Å². The van der Waals surface area contributed by atoms with Gasteiger partial charge in [-0.25, -0.2) is 0 Å². The average Bonchev–Trinajstić information content (AvgIpc) is 3.22. The quantitative estimate of drug-likeness (QED) is 0.245. The minimum absolute atomic E-state index is 0.565. The molecule has 38 heavy (non-hydrogen) atoms. The summed E-state index contributed by atoms with van der Waals surface area (Å²) in [5, 5.41) is 0.565. The van der Waals surface area contributed by atoms with Gasteiger partial charge in [0.15, 0.2) is 0 Å². The van der Waals surface area contributed by atoms with Crippen molar-refractivity contribution in [1.82, 2.24) is 0 Å². The zero-order chi connectivity index (χ0) is 27.8. The molecule has 1 saturated heterocycles. The first-order valence-corrected chi connectivity index (χ1v) is 20.5. The Morgan fingerprint density at radius 2 is 1.24 bits per heavy atom. The fraction of sp³-hybridized carbons (Fsp3) is 0.375. The number of anilines is 2. The van der Waals surface area contributed by atoms with Gasteiger partial charge in [0, 0.05) is 0 Å². The second-order valence-corrected chi connectivity index (χ2v) is 21.5. The van der Waals surface area contributed by atoms with Crippen molar-refractivity contribution in [2.75, 3.05) is 22.9 Å². The second kappa shape index (κ2) is 12.0. The average molecular weight is 657 g/mol. The summed E-state index contributed by atoms with van der Waals surface area (Å²) >= 11 is -1.61. The fourth-order valence-electron chi connectivity index (χ4n) is 5.58. The van der Waals surface area contributed by atoms with E-state index in [2.05, 4.69) is 118 Å². The first kappa shape index (κ1) is 29.5. The predicted molar refractivity (Wildman–Crippen MR) is 171 cm³/mol. The van der Waals surface area contributed by atoms with Crippen LogP contribution in [-0.4, -0.2) is 27.3 Å². The van der Waals surface area contributed by atoms with Crippen LogP contribution in [0.4, 0.5) is 11.4 Å². The Kier molecular flexibility index (Phi) is 9.30. The monoisotopic (exact) mass is 656 g/mol. The van der Waals surface area contributed by atoms with E-state index in [1.165, 1.54) is 50.3 Å². The molecular formula is C32H40Cl2N2RuS. The van der Waals surface area contributed by atoms with Crippen LogP contribution in [-0.2, 0) is 17.6 Å². The van der Waals surface area contributed by atoms with E-state index in [9.17, 15) is 0 Å². The summed E-state index contributed by atoms with van der Waals surface area (Å²) in [6, 6.07) is 17.7. The van der Waals surface area contributed by atoms with Crippen molar-refractivity contribution in [2.24, 2.45) is 0 Å². The molecule has 3 aromatic carbocycles. The van der Waals surface area contributed by atoms with Crippen LogP contribution in [0.5, 0.6) is 0 Å². The number of hydrogen-bond acceptors (Lipinski definition) is 3. The van der Waals surface area contributed by atoms with Crippen molar-refractivity contribution in [3.63, 3.8) is 0 Å². The number of aryl methyl sites for hydroxylation is 6. The summed E-state index contributed by atoms with van der Waals surface area (Å²) in [7, 11) is 15.3. The van der Waals surface area contributed by atoms with Gasteiger partial charge in [0.05, 0.1) is 0 Å². The Bertz CT molecular complexity index is 1360. The molecule has 0 aromatic heterocycles. The number of benzene rings is 3. The number of halogens is 2. The van der Waals surface area contributed by atoms with Gasteiger partial charge >= 0.3 is 246 Å². The van der Waals surface area contributed by atoms with Gasteiger partial charge in [0.25, 0.3) is 0 Å². The van der Waals surface area contributed by atoms with E-state index in [0.717, 1.165) is 28.8 Å². The normalized spacial score (nSPS) is 14.6. The van der Waals surface area contributed by atoms with Gasteiger partial charge < -0.3 is 0 Å². The van der Waals surface area contributed by atoms with Crippen LogP contribution in [0.3, 0.4) is 0 Å². The molecule has 0 spiro atoms. The van der Waals surface area contributed by atoms with Gasteiger partial charge in [-0.05, 0) is 0 Å². The van der Waals surface area contributed by atoms with E-state index in [1.54, 1.807) is 0 Å². The molecule has 0 bridgehead atoms. The predicted octanol–water partition coefficient (Wildman–Crippen LogP) is 8.90. The Morgan fingerprint density at radius 1 is 0.789 bits per heavy atom. The summed E-state index contributed by atoms with van der Waals surface area (Å²) < 4.78 is 3.29. The molecule has 1 aliphatic heterocycles. The molecule has 0 amide bonds. The van der Waals surface area contributed by atoms with Gasteiger partial charge in [0.1, 0.15) is 0 Å². The molecule has 0 aliphatic carbocycles. The van der Waals surface area contributed by atoms with Gasteiger partial charge in [0.2, 0.25) is 0 Å². The van der Waals surface area contributed by atoms with Crippen molar-refractivity contribution in [3.8, 4) is 0 Å². The van der Waals surface area contributed by atoms with E-state index in [4.69, 9.17) is 19.4 Å². The molecule has 6 heteroatoms. The molecule has 3 aromatic rings. The second-order valence-electron chi connectivity index (χ2n) is 10.7. The van der Waals surface area contributed by atoms with E-state index in [0.29, 0.717) is 5.25 Å². The zero-order valence-electron chi connectivity index (χ0n) is 23.8. The molecule has 1 aliphatic rings. The molecule has 206 valence electrons. The molecule has 4 rings (SSSR count). The van der Waals surface area contributed by atoms with Crippen LogP contribution in [0.2, 0.25) is 0 Å². The minimum atomic E-state index is -3.55. The SMILES string of the molecule is Cc1cc(C)c(N2CCN(c3c(C)cc(C)cc3C)[C]2=[Ru]([Cl])([Cl])=[CH]c2ccccc2CSC(C)C)c(C)c1. The van der Waals surface area contributed by atoms with E-state index in [-0.39, 0.29) is 0 Å². The maximum absolute atomic E-state index is 7.63. The van der Waals surface area contributed by atoms with Crippen LogP contribution in [0.25, 0.3) is 0 Å². The van der Waals surface area contributed by atoms with E-state index in [1.807, 2.05) is 11.8 Å². The first-order valence-electron chi connectivity index (χ1n) is 13.1. The standard InChI is InChI=1S/C21H26N2.C11H14S.2ClH.Ru/c1-14-9-16(3)20(17(4)10-14)22-7-8-23(13-22)21-18(5)11-15(2)12-19(21)6;1-9(2)12-8-11-7-5-4-6-10(11)3;;;/h9-12H,7-8H2,1-6H3;3-7,9H,8H2,1-2H3;2*1H;/q;;;;+2/p-2. The van der Waals surface area contributed by atoms with Crippen molar-refractivity contribution >= 4 is 51.5 Å². The van der Waals surface area contributed by atoms with Crippen molar-refractivity contribution < 1.29 is 11.9 Å². The van der Waals surface area contributed by atoms with Gasteiger partial charge in [-0.1, -0.05) is 0 Å². The van der Waals surface area contributed by atoms with Gasteiger partial charge in [-0.15, -0.1) is 0 Å². The third-order valence-electron chi connectivity index (χ3n) is 6.87. The Hall–Kier alpha value is -1.45. The topological polar surface area (TPSA) is 6.48 Å². The molecule has 0 radical (unpaired) electrons. The van der Waals surface area contributed by atoms with Crippen LogP contribution >= 0.6 is 31.1 Å². The third kappa shape index (κ3) is 6.30.